The average molecular weight is 225 g/mol. The topological polar surface area (TPSA) is 23.5 Å². The third-order valence-corrected chi connectivity index (χ3v) is 4.15. The van der Waals surface area contributed by atoms with E-state index in [1.54, 1.807) is 0 Å². The van der Waals surface area contributed by atoms with E-state index in [1.165, 1.54) is 9.75 Å². The number of thiophene rings is 1. The summed E-state index contributed by atoms with van der Waals surface area (Å²) in [5.41, 5.74) is 0. The highest BCUT2D eigenvalue weighted by Gasteiger charge is 2.25. The second kappa shape index (κ2) is 4.64. The molecule has 0 aliphatic carbocycles. The molecule has 1 fully saturated rings. The highest BCUT2D eigenvalue weighted by molar-refractivity contribution is 7.11. The van der Waals surface area contributed by atoms with Crippen LogP contribution in [0.5, 0.6) is 0 Å². The molecule has 1 aliphatic heterocycles. The van der Waals surface area contributed by atoms with Crippen molar-refractivity contribution in [2.45, 2.75) is 32.9 Å². The van der Waals surface area contributed by atoms with E-state index in [4.69, 9.17) is 0 Å². The predicted molar refractivity (Wildman–Crippen MR) is 64.1 cm³/mol. The maximum atomic E-state index is 9.52. The molecule has 1 N–H and O–H groups in total. The molecule has 0 amide bonds. The van der Waals surface area contributed by atoms with Gasteiger partial charge in [-0.2, -0.15) is 0 Å². The Labute approximate surface area is 95.5 Å². The smallest absolute Gasteiger partial charge is 0.0552 e. The van der Waals surface area contributed by atoms with E-state index in [9.17, 15) is 5.11 Å². The minimum Gasteiger partial charge on any atom is -0.393 e. The van der Waals surface area contributed by atoms with Gasteiger partial charge >= 0.3 is 0 Å². The molecule has 0 bridgehead atoms. The van der Waals surface area contributed by atoms with Crippen molar-refractivity contribution in [3.8, 4) is 0 Å². The summed E-state index contributed by atoms with van der Waals surface area (Å²) in [6.45, 7) is 7.29. The van der Waals surface area contributed by atoms with E-state index in [0.29, 0.717) is 5.92 Å². The molecule has 1 aromatic heterocycles. The summed E-state index contributed by atoms with van der Waals surface area (Å²) < 4.78 is 0. The van der Waals surface area contributed by atoms with Gasteiger partial charge in [0.2, 0.25) is 0 Å². The minimum absolute atomic E-state index is 0.153. The van der Waals surface area contributed by atoms with Crippen molar-refractivity contribution in [1.29, 1.82) is 0 Å². The van der Waals surface area contributed by atoms with Gasteiger partial charge in [0.05, 0.1) is 6.10 Å². The normalized spacial score (nSPS) is 24.6. The van der Waals surface area contributed by atoms with Crippen molar-refractivity contribution >= 4 is 11.3 Å². The fourth-order valence-electron chi connectivity index (χ4n) is 2.19. The van der Waals surface area contributed by atoms with Crippen molar-refractivity contribution in [2.24, 2.45) is 5.92 Å². The zero-order chi connectivity index (χ0) is 10.8. The van der Waals surface area contributed by atoms with Crippen molar-refractivity contribution in [2.75, 3.05) is 13.1 Å². The van der Waals surface area contributed by atoms with Gasteiger partial charge in [-0.15, -0.1) is 11.3 Å². The van der Waals surface area contributed by atoms with Gasteiger partial charge < -0.3 is 5.11 Å². The van der Waals surface area contributed by atoms with Crippen LogP contribution in [0.15, 0.2) is 12.1 Å². The van der Waals surface area contributed by atoms with E-state index in [2.05, 4.69) is 24.0 Å². The van der Waals surface area contributed by atoms with Gasteiger partial charge in [0.1, 0.15) is 0 Å². The van der Waals surface area contributed by atoms with Crippen molar-refractivity contribution in [3.05, 3.63) is 21.9 Å². The summed E-state index contributed by atoms with van der Waals surface area (Å²) in [4.78, 5) is 5.28. The number of hydrogen-bond acceptors (Lipinski definition) is 3. The summed E-state index contributed by atoms with van der Waals surface area (Å²) >= 11 is 1.88. The van der Waals surface area contributed by atoms with E-state index in [-0.39, 0.29) is 6.10 Å². The zero-order valence-corrected chi connectivity index (χ0v) is 10.3. The molecule has 1 aliphatic rings. The SMILES string of the molecule is Cc1ccc(CN2CCC(C(C)O)C2)s1. The predicted octanol–water partition coefficient (Wildman–Crippen LogP) is 2.26. The molecule has 2 rings (SSSR count). The summed E-state index contributed by atoms with van der Waals surface area (Å²) in [7, 11) is 0. The molecule has 2 nitrogen and oxygen atoms in total. The molecule has 2 heterocycles. The first-order valence-electron chi connectivity index (χ1n) is 5.61. The number of likely N-dealkylation sites (tertiary alicyclic amines) is 1. The number of rotatable bonds is 3. The van der Waals surface area contributed by atoms with Gasteiger partial charge in [-0.1, -0.05) is 0 Å². The Hall–Kier alpha value is -0.380. The molecule has 84 valence electrons. The van der Waals surface area contributed by atoms with Gasteiger partial charge in [0, 0.05) is 22.8 Å². The average Bonchev–Trinajstić information content (AvgIpc) is 2.76. The summed E-state index contributed by atoms with van der Waals surface area (Å²) in [5, 5.41) is 9.52. The van der Waals surface area contributed by atoms with Crippen molar-refractivity contribution in [1.82, 2.24) is 4.90 Å². The van der Waals surface area contributed by atoms with Crippen LogP contribution in [0.1, 0.15) is 23.1 Å². The Balaban J connectivity index is 1.87. The first kappa shape index (κ1) is 11.1. The summed E-state index contributed by atoms with van der Waals surface area (Å²) in [6, 6.07) is 4.40. The molecule has 0 radical (unpaired) electrons. The minimum atomic E-state index is -0.153. The maximum absolute atomic E-state index is 9.52. The van der Waals surface area contributed by atoms with E-state index in [0.717, 1.165) is 26.1 Å². The molecule has 2 unspecified atom stereocenters. The molecule has 0 spiro atoms. The van der Waals surface area contributed by atoms with E-state index < -0.39 is 0 Å². The van der Waals surface area contributed by atoms with Crippen LogP contribution in [0, 0.1) is 12.8 Å². The molecule has 0 saturated carbocycles. The van der Waals surface area contributed by atoms with Crippen LogP contribution in [0.3, 0.4) is 0 Å². The quantitative estimate of drug-likeness (QED) is 0.853. The largest absolute Gasteiger partial charge is 0.393 e. The Morgan fingerprint density at radius 1 is 1.60 bits per heavy atom. The zero-order valence-electron chi connectivity index (χ0n) is 9.44. The van der Waals surface area contributed by atoms with Crippen LogP contribution in [0.2, 0.25) is 0 Å². The van der Waals surface area contributed by atoms with Crippen molar-refractivity contribution in [3.63, 3.8) is 0 Å². The first-order chi connectivity index (χ1) is 7.15. The molecule has 15 heavy (non-hydrogen) atoms. The third-order valence-electron chi connectivity index (χ3n) is 3.17. The van der Waals surface area contributed by atoms with Crippen LogP contribution >= 0.6 is 11.3 Å². The lowest BCUT2D eigenvalue weighted by atomic mass is 10.0. The number of hydrogen-bond donors (Lipinski definition) is 1. The van der Waals surface area contributed by atoms with Crippen LogP contribution < -0.4 is 0 Å². The van der Waals surface area contributed by atoms with Gasteiger partial charge in [-0.3, -0.25) is 4.90 Å². The van der Waals surface area contributed by atoms with E-state index in [1.807, 2.05) is 18.3 Å². The second-order valence-corrected chi connectivity index (χ2v) is 5.91. The molecular weight excluding hydrogens is 206 g/mol. The molecule has 2 atom stereocenters. The molecule has 1 aromatic rings. The monoisotopic (exact) mass is 225 g/mol. The van der Waals surface area contributed by atoms with Gasteiger partial charge in [-0.05, 0) is 44.9 Å². The number of aliphatic hydroxyl groups excluding tert-OH is 1. The Morgan fingerprint density at radius 3 is 2.93 bits per heavy atom. The van der Waals surface area contributed by atoms with Crippen LogP contribution in [0.25, 0.3) is 0 Å². The molecule has 0 aromatic carbocycles. The first-order valence-corrected chi connectivity index (χ1v) is 6.42. The van der Waals surface area contributed by atoms with Gasteiger partial charge in [-0.25, -0.2) is 0 Å². The molecule has 1 saturated heterocycles. The fraction of sp³-hybridized carbons (Fsp3) is 0.667. The highest BCUT2D eigenvalue weighted by Crippen LogP contribution is 2.24. The standard InChI is InChI=1S/C12H19NOS/c1-9-3-4-12(15-9)8-13-6-5-11(7-13)10(2)14/h3-4,10-11,14H,5-8H2,1-2H3. The maximum Gasteiger partial charge on any atom is 0.0552 e. The van der Waals surface area contributed by atoms with Crippen LogP contribution in [-0.2, 0) is 6.54 Å². The van der Waals surface area contributed by atoms with Crippen molar-refractivity contribution < 1.29 is 5.11 Å². The van der Waals surface area contributed by atoms with Gasteiger partial charge in [0.15, 0.2) is 0 Å². The number of aliphatic hydroxyl groups is 1. The summed E-state index contributed by atoms with van der Waals surface area (Å²) in [5.74, 6) is 0.478. The summed E-state index contributed by atoms with van der Waals surface area (Å²) in [6.07, 6.45) is 0.988. The number of nitrogens with zero attached hydrogens (tertiary/aromatic N) is 1. The molecular formula is C12H19NOS. The Bertz CT molecular complexity index is 321. The lowest BCUT2D eigenvalue weighted by molar-refractivity contribution is 0.127. The second-order valence-electron chi connectivity index (χ2n) is 4.54. The van der Waals surface area contributed by atoms with E-state index >= 15 is 0 Å². The van der Waals surface area contributed by atoms with Gasteiger partial charge in [0.25, 0.3) is 0 Å². The lowest BCUT2D eigenvalue weighted by Crippen LogP contribution is -2.23. The van der Waals surface area contributed by atoms with Crippen LogP contribution in [-0.4, -0.2) is 29.2 Å². The number of aryl methyl sites for hydroxylation is 1. The Kier molecular flexibility index (Phi) is 3.44. The molecule has 3 heteroatoms. The Morgan fingerprint density at radius 2 is 2.40 bits per heavy atom. The van der Waals surface area contributed by atoms with Crippen LogP contribution in [0.4, 0.5) is 0 Å². The fourth-order valence-corrected chi connectivity index (χ4v) is 3.12. The lowest BCUT2D eigenvalue weighted by Gasteiger charge is -2.16. The highest BCUT2D eigenvalue weighted by atomic mass is 32.1. The third kappa shape index (κ3) is 2.80.